The Hall–Kier alpha value is -5.77. The van der Waals surface area contributed by atoms with Gasteiger partial charge in [-0.05, 0) is 88.0 Å². The topological polar surface area (TPSA) is 60.5 Å². The average Bonchev–Trinajstić information content (AvgIpc) is 3.05. The quantitative estimate of drug-likeness (QED) is 0.233. The van der Waals surface area contributed by atoms with Gasteiger partial charge >= 0.3 is 0 Å². The van der Waals surface area contributed by atoms with Crippen molar-refractivity contribution in [1.29, 1.82) is 10.5 Å². The second-order valence-electron chi connectivity index (χ2n) is 9.54. The van der Waals surface area contributed by atoms with Crippen LogP contribution in [0.1, 0.15) is 11.1 Å². The third kappa shape index (κ3) is 5.14. The van der Waals surface area contributed by atoms with Crippen molar-refractivity contribution in [3.63, 3.8) is 0 Å². The highest BCUT2D eigenvalue weighted by Gasteiger charge is 2.13. The van der Waals surface area contributed by atoms with Crippen LogP contribution < -0.4 is 0 Å². The SMILES string of the molecule is N#Cc1cccc(-c2cc(-c3cc(-c4ccccc4)cc(-c4ccccc4)c3)cc(-c3cccc(C#N)c3)n2)c1. The van der Waals surface area contributed by atoms with Crippen LogP contribution >= 0.6 is 0 Å². The number of aromatic nitrogens is 1. The lowest BCUT2D eigenvalue weighted by Gasteiger charge is -2.14. The second-order valence-corrected chi connectivity index (χ2v) is 9.54. The summed E-state index contributed by atoms with van der Waals surface area (Å²) in [7, 11) is 0. The smallest absolute Gasteiger partial charge is 0.0991 e. The zero-order valence-electron chi connectivity index (χ0n) is 21.6. The van der Waals surface area contributed by atoms with E-state index in [1.807, 2.05) is 48.5 Å². The predicted octanol–water partition coefficient (Wildman–Crippen LogP) is 9.16. The van der Waals surface area contributed by atoms with Gasteiger partial charge in [0.1, 0.15) is 0 Å². The molecule has 0 radical (unpaired) electrons. The molecule has 5 aromatic carbocycles. The van der Waals surface area contributed by atoms with Crippen LogP contribution in [0.3, 0.4) is 0 Å². The minimum atomic E-state index is 0.579. The zero-order chi connectivity index (χ0) is 27.3. The standard InChI is InChI=1S/C37H23N3/c38-24-26-9-7-15-30(17-26)36-22-35(23-37(40-36)31-16-8-10-27(18-31)25-39)34-20-32(28-11-3-1-4-12-28)19-33(21-34)29-13-5-2-6-14-29/h1-23H. The van der Waals surface area contributed by atoms with Crippen molar-refractivity contribution in [2.75, 3.05) is 0 Å². The number of pyridine rings is 1. The van der Waals surface area contributed by atoms with Crippen molar-refractivity contribution >= 4 is 0 Å². The van der Waals surface area contributed by atoms with E-state index in [0.29, 0.717) is 11.1 Å². The van der Waals surface area contributed by atoms with Crippen LogP contribution in [0.5, 0.6) is 0 Å². The first-order valence-electron chi connectivity index (χ1n) is 13.0. The van der Waals surface area contributed by atoms with Crippen LogP contribution in [0, 0.1) is 22.7 Å². The van der Waals surface area contributed by atoms with Crippen molar-refractivity contribution in [2.45, 2.75) is 0 Å². The second kappa shape index (κ2) is 10.9. The highest BCUT2D eigenvalue weighted by molar-refractivity contribution is 5.84. The molecule has 0 unspecified atom stereocenters. The number of nitrogens with zero attached hydrogens (tertiary/aromatic N) is 3. The van der Waals surface area contributed by atoms with E-state index in [1.54, 1.807) is 12.1 Å². The van der Waals surface area contributed by atoms with E-state index in [1.165, 1.54) is 0 Å². The first kappa shape index (κ1) is 24.6. The first-order valence-corrected chi connectivity index (χ1v) is 13.0. The Kier molecular flexibility index (Phi) is 6.70. The molecule has 1 heterocycles. The van der Waals surface area contributed by atoms with Crippen molar-refractivity contribution < 1.29 is 0 Å². The summed E-state index contributed by atoms with van der Waals surface area (Å²) in [6.45, 7) is 0. The molecule has 186 valence electrons. The number of hydrogen-bond donors (Lipinski definition) is 0. The Morgan fingerprint density at radius 1 is 0.350 bits per heavy atom. The summed E-state index contributed by atoms with van der Waals surface area (Å²) in [4.78, 5) is 4.99. The Labute approximate surface area is 233 Å². The van der Waals surface area contributed by atoms with E-state index < -0.39 is 0 Å². The molecule has 3 nitrogen and oxygen atoms in total. The van der Waals surface area contributed by atoms with Gasteiger partial charge in [-0.25, -0.2) is 4.98 Å². The minimum absolute atomic E-state index is 0.579. The fourth-order valence-corrected chi connectivity index (χ4v) is 4.88. The normalized spacial score (nSPS) is 10.4. The molecule has 0 spiro atoms. The third-order valence-corrected chi connectivity index (χ3v) is 6.88. The Balaban J connectivity index is 1.60. The molecule has 0 saturated carbocycles. The Morgan fingerprint density at radius 2 is 0.725 bits per heavy atom. The molecule has 0 N–H and O–H groups in total. The molecule has 0 aliphatic heterocycles. The Bertz CT molecular complexity index is 1780. The van der Waals surface area contributed by atoms with Crippen LogP contribution in [0.25, 0.3) is 55.9 Å². The first-order chi connectivity index (χ1) is 19.7. The monoisotopic (exact) mass is 509 g/mol. The molecular formula is C37H23N3. The summed E-state index contributed by atoms with van der Waals surface area (Å²) in [5, 5.41) is 19.0. The van der Waals surface area contributed by atoms with Crippen LogP contribution in [0.15, 0.2) is 140 Å². The number of hydrogen-bond acceptors (Lipinski definition) is 3. The van der Waals surface area contributed by atoms with E-state index in [9.17, 15) is 10.5 Å². The lowest BCUT2D eigenvalue weighted by molar-refractivity contribution is 1.32. The summed E-state index contributed by atoms with van der Waals surface area (Å²) in [6.07, 6.45) is 0. The molecule has 6 rings (SSSR count). The maximum Gasteiger partial charge on any atom is 0.0991 e. The predicted molar refractivity (Wildman–Crippen MR) is 161 cm³/mol. The number of benzene rings is 5. The molecule has 0 aliphatic rings. The molecule has 6 aromatic rings. The van der Waals surface area contributed by atoms with Gasteiger partial charge < -0.3 is 0 Å². The van der Waals surface area contributed by atoms with Crippen LogP contribution in [0.2, 0.25) is 0 Å². The molecule has 3 heteroatoms. The summed E-state index contributed by atoms with van der Waals surface area (Å²) in [6, 6.07) is 51.0. The molecule has 1 aromatic heterocycles. The van der Waals surface area contributed by atoms with Crippen molar-refractivity contribution in [3.8, 4) is 68.0 Å². The van der Waals surface area contributed by atoms with Gasteiger partial charge in [0, 0.05) is 11.1 Å². The Morgan fingerprint density at radius 3 is 1.15 bits per heavy atom. The molecule has 0 bridgehead atoms. The fraction of sp³-hybridized carbons (Fsp3) is 0. The van der Waals surface area contributed by atoms with Crippen molar-refractivity contribution in [1.82, 2.24) is 4.98 Å². The summed E-state index contributed by atoms with van der Waals surface area (Å²) >= 11 is 0. The lowest BCUT2D eigenvalue weighted by Crippen LogP contribution is -1.93. The summed E-state index contributed by atoms with van der Waals surface area (Å²) in [5.41, 5.74) is 11.0. The summed E-state index contributed by atoms with van der Waals surface area (Å²) < 4.78 is 0. The van der Waals surface area contributed by atoms with E-state index in [4.69, 9.17) is 4.98 Å². The van der Waals surface area contributed by atoms with Gasteiger partial charge in [-0.3, -0.25) is 0 Å². The average molecular weight is 510 g/mol. The van der Waals surface area contributed by atoms with Crippen molar-refractivity contribution in [2.24, 2.45) is 0 Å². The van der Waals surface area contributed by atoms with Crippen LogP contribution in [-0.4, -0.2) is 4.98 Å². The number of nitriles is 2. The van der Waals surface area contributed by atoms with Gasteiger partial charge in [0.15, 0.2) is 0 Å². The molecule has 40 heavy (non-hydrogen) atoms. The lowest BCUT2D eigenvalue weighted by atomic mass is 9.92. The van der Waals surface area contributed by atoms with Gasteiger partial charge in [-0.1, -0.05) is 84.9 Å². The molecule has 0 amide bonds. The molecule has 0 saturated heterocycles. The molecule has 0 atom stereocenters. The van der Waals surface area contributed by atoms with E-state index in [2.05, 4.69) is 91.0 Å². The maximum absolute atomic E-state index is 9.51. The highest BCUT2D eigenvalue weighted by Crippen LogP contribution is 2.36. The van der Waals surface area contributed by atoms with E-state index >= 15 is 0 Å². The molecular weight excluding hydrogens is 486 g/mol. The molecule has 0 aliphatic carbocycles. The van der Waals surface area contributed by atoms with Crippen LogP contribution in [-0.2, 0) is 0 Å². The summed E-state index contributed by atoms with van der Waals surface area (Å²) in [5.74, 6) is 0. The fourth-order valence-electron chi connectivity index (χ4n) is 4.88. The minimum Gasteiger partial charge on any atom is -0.248 e. The third-order valence-electron chi connectivity index (χ3n) is 6.88. The maximum atomic E-state index is 9.51. The highest BCUT2D eigenvalue weighted by atomic mass is 14.7. The number of rotatable bonds is 5. The molecule has 0 fully saturated rings. The van der Waals surface area contributed by atoms with Gasteiger partial charge in [-0.15, -0.1) is 0 Å². The van der Waals surface area contributed by atoms with Gasteiger partial charge in [0.05, 0.1) is 34.7 Å². The van der Waals surface area contributed by atoms with Gasteiger partial charge in [-0.2, -0.15) is 10.5 Å². The zero-order valence-corrected chi connectivity index (χ0v) is 21.6. The van der Waals surface area contributed by atoms with E-state index in [-0.39, 0.29) is 0 Å². The van der Waals surface area contributed by atoms with Crippen molar-refractivity contribution in [3.05, 3.63) is 151 Å². The van der Waals surface area contributed by atoms with Gasteiger partial charge in [0.2, 0.25) is 0 Å². The van der Waals surface area contributed by atoms with E-state index in [0.717, 1.165) is 55.9 Å². The largest absolute Gasteiger partial charge is 0.248 e. The van der Waals surface area contributed by atoms with Gasteiger partial charge in [0.25, 0.3) is 0 Å². The van der Waals surface area contributed by atoms with Crippen LogP contribution in [0.4, 0.5) is 0 Å².